The summed E-state index contributed by atoms with van der Waals surface area (Å²) in [6.07, 6.45) is 1.89. The van der Waals surface area contributed by atoms with Crippen LogP contribution in [0.1, 0.15) is 37.7 Å². The van der Waals surface area contributed by atoms with E-state index >= 15 is 0 Å². The van der Waals surface area contributed by atoms with Gasteiger partial charge in [0.15, 0.2) is 0 Å². The molecule has 2 aliphatic rings. The third-order valence-electron chi connectivity index (χ3n) is 7.29. The maximum atomic E-state index is 13.5. The van der Waals surface area contributed by atoms with E-state index in [-0.39, 0.29) is 5.91 Å². The molecule has 0 bridgehead atoms. The highest BCUT2D eigenvalue weighted by Crippen LogP contribution is 2.42. The molecule has 6 heteroatoms. The van der Waals surface area contributed by atoms with E-state index in [1.165, 1.54) is 38.5 Å². The molecule has 1 aliphatic heterocycles. The first kappa shape index (κ1) is 22.1. The van der Waals surface area contributed by atoms with Gasteiger partial charge in [-0.05, 0) is 69.0 Å². The second kappa shape index (κ2) is 8.68. The Morgan fingerprint density at radius 2 is 1.69 bits per heavy atom. The smallest absolute Gasteiger partial charge is 0.264 e. The predicted octanol–water partition coefficient (Wildman–Crippen LogP) is 5.59. The average molecular weight is 483 g/mol. The van der Waals surface area contributed by atoms with Gasteiger partial charge in [-0.15, -0.1) is 11.3 Å². The number of benzene rings is 2. The molecule has 6 rings (SSSR count). The number of nitrogens with zero attached hydrogens (tertiary/aromatic N) is 4. The highest BCUT2D eigenvalue weighted by molar-refractivity contribution is 7.17. The number of aromatic nitrogens is 2. The molecule has 35 heavy (non-hydrogen) atoms. The summed E-state index contributed by atoms with van der Waals surface area (Å²) in [6, 6.07) is 19.1. The molecule has 3 heterocycles. The lowest BCUT2D eigenvalue weighted by atomic mass is 9.95. The van der Waals surface area contributed by atoms with Gasteiger partial charge < -0.3 is 9.80 Å². The molecule has 2 aromatic carbocycles. The Bertz CT molecular complexity index is 1410. The largest absolute Gasteiger partial charge is 0.368 e. The fraction of sp³-hybridized carbons (Fsp3) is 0.310. The van der Waals surface area contributed by atoms with E-state index in [2.05, 4.69) is 78.9 Å². The summed E-state index contributed by atoms with van der Waals surface area (Å²) in [5, 5.41) is 4.88. The quantitative estimate of drug-likeness (QED) is 0.382. The van der Waals surface area contributed by atoms with Crippen LogP contribution in [0.15, 0.2) is 54.6 Å². The van der Waals surface area contributed by atoms with Gasteiger partial charge in [0.05, 0.1) is 22.0 Å². The number of fused-ring (bicyclic) bond motifs is 3. The minimum Gasteiger partial charge on any atom is -0.368 e. The zero-order valence-corrected chi connectivity index (χ0v) is 21.4. The molecule has 0 atom stereocenters. The van der Waals surface area contributed by atoms with E-state index in [0.717, 1.165) is 55.3 Å². The van der Waals surface area contributed by atoms with Crippen molar-refractivity contribution >= 4 is 22.9 Å². The number of piperazine rings is 1. The lowest BCUT2D eigenvalue weighted by Crippen LogP contribution is -2.48. The Hall–Kier alpha value is -3.38. The van der Waals surface area contributed by atoms with Gasteiger partial charge >= 0.3 is 0 Å². The Kier molecular flexibility index (Phi) is 5.49. The van der Waals surface area contributed by atoms with E-state index in [1.807, 2.05) is 11.0 Å². The minimum atomic E-state index is 0.166. The standard InChI is InChI=1S/C29H30N4OS/c1-19-9-11-24(20(2)17-19)31-13-15-32(16-14-31)29(34)26-18-22-10-12-25-27(28(22)35-26)21(3)30-33(25)23-7-5-4-6-8-23/h4-9,11,17-18H,10,12-16H2,1-3H3. The van der Waals surface area contributed by atoms with Crippen LogP contribution in [0.3, 0.4) is 0 Å². The van der Waals surface area contributed by atoms with Gasteiger partial charge in [0.1, 0.15) is 0 Å². The molecule has 178 valence electrons. The molecule has 1 saturated heterocycles. The zero-order valence-electron chi connectivity index (χ0n) is 20.5. The van der Waals surface area contributed by atoms with Crippen LogP contribution in [0, 0.1) is 20.8 Å². The van der Waals surface area contributed by atoms with Gasteiger partial charge in [0.25, 0.3) is 5.91 Å². The van der Waals surface area contributed by atoms with Crippen LogP contribution in [0.2, 0.25) is 0 Å². The lowest BCUT2D eigenvalue weighted by Gasteiger charge is -2.36. The molecule has 0 unspecified atom stereocenters. The van der Waals surface area contributed by atoms with E-state index < -0.39 is 0 Å². The molecule has 1 fully saturated rings. The number of rotatable bonds is 3. The lowest BCUT2D eigenvalue weighted by molar-refractivity contribution is 0.0751. The average Bonchev–Trinajstić information content (AvgIpc) is 3.45. The van der Waals surface area contributed by atoms with Gasteiger partial charge in [0.2, 0.25) is 0 Å². The second-order valence-corrected chi connectivity index (χ2v) is 10.7. The van der Waals surface area contributed by atoms with Crippen molar-refractivity contribution in [2.45, 2.75) is 33.6 Å². The number of aryl methyl sites for hydroxylation is 4. The summed E-state index contributed by atoms with van der Waals surface area (Å²) in [5.41, 5.74) is 9.76. The monoisotopic (exact) mass is 482 g/mol. The van der Waals surface area contributed by atoms with Crippen molar-refractivity contribution in [2.24, 2.45) is 0 Å². The summed E-state index contributed by atoms with van der Waals surface area (Å²) in [4.78, 5) is 20.0. The molecule has 4 aromatic rings. The van der Waals surface area contributed by atoms with Gasteiger partial charge in [0, 0.05) is 42.3 Å². The maximum Gasteiger partial charge on any atom is 0.264 e. The summed E-state index contributed by atoms with van der Waals surface area (Å²) in [6.45, 7) is 9.63. The van der Waals surface area contributed by atoms with Crippen molar-refractivity contribution in [1.82, 2.24) is 14.7 Å². The molecule has 0 saturated carbocycles. The normalized spacial score (nSPS) is 15.2. The van der Waals surface area contributed by atoms with Crippen molar-refractivity contribution in [3.63, 3.8) is 0 Å². The molecular formula is C29H30N4OS. The van der Waals surface area contributed by atoms with Gasteiger partial charge in [-0.3, -0.25) is 4.79 Å². The number of anilines is 1. The number of para-hydroxylation sites is 1. The van der Waals surface area contributed by atoms with Crippen LogP contribution in [0.5, 0.6) is 0 Å². The van der Waals surface area contributed by atoms with Crippen molar-refractivity contribution in [3.05, 3.63) is 87.6 Å². The van der Waals surface area contributed by atoms with E-state index in [0.29, 0.717) is 0 Å². The number of carbonyl (C=O) groups is 1. The molecule has 5 nitrogen and oxygen atoms in total. The minimum absolute atomic E-state index is 0.166. The number of carbonyl (C=O) groups excluding carboxylic acids is 1. The fourth-order valence-electron chi connectivity index (χ4n) is 5.54. The Morgan fingerprint density at radius 3 is 2.43 bits per heavy atom. The van der Waals surface area contributed by atoms with Crippen LogP contribution >= 0.6 is 11.3 Å². The predicted molar refractivity (Wildman–Crippen MR) is 143 cm³/mol. The van der Waals surface area contributed by atoms with Crippen molar-refractivity contribution in [3.8, 4) is 16.1 Å². The fourth-order valence-corrected chi connectivity index (χ4v) is 6.83. The maximum absolute atomic E-state index is 13.5. The Morgan fingerprint density at radius 1 is 0.914 bits per heavy atom. The van der Waals surface area contributed by atoms with E-state index in [1.54, 1.807) is 11.3 Å². The first-order valence-electron chi connectivity index (χ1n) is 12.4. The van der Waals surface area contributed by atoms with Crippen molar-refractivity contribution in [1.29, 1.82) is 0 Å². The SMILES string of the molecule is Cc1ccc(N2CCN(C(=O)c3cc4c(s3)-c3c(C)nn(-c5ccccc5)c3CC4)CC2)c(C)c1. The molecule has 1 aliphatic carbocycles. The highest BCUT2D eigenvalue weighted by Gasteiger charge is 2.30. The molecule has 0 radical (unpaired) electrons. The summed E-state index contributed by atoms with van der Waals surface area (Å²) in [5.74, 6) is 0.166. The molecule has 1 amide bonds. The Balaban J connectivity index is 1.23. The summed E-state index contributed by atoms with van der Waals surface area (Å²) < 4.78 is 2.08. The number of hydrogen-bond acceptors (Lipinski definition) is 4. The molecule has 0 spiro atoms. The third-order valence-corrected chi connectivity index (χ3v) is 8.48. The Labute approximate surface area is 210 Å². The summed E-state index contributed by atoms with van der Waals surface area (Å²) >= 11 is 1.65. The third kappa shape index (κ3) is 3.86. The first-order valence-corrected chi connectivity index (χ1v) is 13.2. The van der Waals surface area contributed by atoms with Gasteiger partial charge in [-0.25, -0.2) is 4.68 Å². The molecule has 0 N–H and O–H groups in total. The van der Waals surface area contributed by atoms with Crippen LogP contribution < -0.4 is 4.90 Å². The number of hydrogen-bond donors (Lipinski definition) is 0. The molecular weight excluding hydrogens is 452 g/mol. The highest BCUT2D eigenvalue weighted by atomic mass is 32.1. The molecule has 2 aromatic heterocycles. The number of amides is 1. The zero-order chi connectivity index (χ0) is 24.1. The first-order chi connectivity index (χ1) is 17.0. The van der Waals surface area contributed by atoms with Crippen molar-refractivity contribution < 1.29 is 4.79 Å². The summed E-state index contributed by atoms with van der Waals surface area (Å²) in [7, 11) is 0. The van der Waals surface area contributed by atoms with Crippen LogP contribution in [0.4, 0.5) is 5.69 Å². The van der Waals surface area contributed by atoms with Gasteiger partial charge in [-0.2, -0.15) is 5.10 Å². The topological polar surface area (TPSA) is 41.4 Å². The van der Waals surface area contributed by atoms with Gasteiger partial charge in [-0.1, -0.05) is 35.9 Å². The second-order valence-electron chi connectivity index (χ2n) is 9.69. The van der Waals surface area contributed by atoms with Crippen molar-refractivity contribution in [2.75, 3.05) is 31.1 Å². The number of thiophene rings is 1. The van der Waals surface area contributed by atoms with E-state index in [9.17, 15) is 4.79 Å². The van der Waals surface area contributed by atoms with E-state index in [4.69, 9.17) is 5.10 Å². The van der Waals surface area contributed by atoms with Crippen LogP contribution in [-0.2, 0) is 12.8 Å². The van der Waals surface area contributed by atoms with Crippen LogP contribution in [-0.4, -0.2) is 46.8 Å². The van der Waals surface area contributed by atoms with Crippen LogP contribution in [0.25, 0.3) is 16.1 Å².